The van der Waals surface area contributed by atoms with Crippen LogP contribution in [0, 0.1) is 6.92 Å². The lowest BCUT2D eigenvalue weighted by molar-refractivity contribution is 0.0745. The number of anilines is 1. The van der Waals surface area contributed by atoms with Crippen LogP contribution < -0.4 is 4.90 Å². The van der Waals surface area contributed by atoms with Crippen LogP contribution in [0.25, 0.3) is 22.6 Å². The minimum absolute atomic E-state index is 0.0104. The number of fused-ring (bicyclic) bond motifs is 1. The third kappa shape index (κ3) is 4.23. The predicted octanol–water partition coefficient (Wildman–Crippen LogP) is 4.49. The van der Waals surface area contributed by atoms with Crippen molar-refractivity contribution in [2.75, 3.05) is 31.1 Å². The number of rotatable bonds is 3. The molecule has 0 atom stereocenters. The highest BCUT2D eigenvalue weighted by atomic mass is 35.5. The van der Waals surface area contributed by atoms with Crippen molar-refractivity contribution in [3.63, 3.8) is 0 Å². The van der Waals surface area contributed by atoms with Crippen molar-refractivity contribution in [2.45, 2.75) is 33.1 Å². The molecule has 5 rings (SSSR count). The first kappa shape index (κ1) is 22.3. The van der Waals surface area contributed by atoms with Crippen molar-refractivity contribution in [1.29, 1.82) is 0 Å². The van der Waals surface area contributed by atoms with Crippen molar-refractivity contribution < 1.29 is 13.7 Å². The summed E-state index contributed by atoms with van der Waals surface area (Å²) < 4.78 is 11.2. The number of pyridine rings is 1. The van der Waals surface area contributed by atoms with Gasteiger partial charge >= 0.3 is 0 Å². The molecule has 1 fully saturated rings. The van der Waals surface area contributed by atoms with Gasteiger partial charge in [-0.05, 0) is 36.8 Å². The van der Waals surface area contributed by atoms with Crippen LogP contribution in [0.4, 0.5) is 6.01 Å². The number of piperazine rings is 1. The number of aryl methyl sites for hydroxylation is 1. The quantitative estimate of drug-likeness (QED) is 0.395. The molecule has 0 aliphatic carbocycles. The fourth-order valence-corrected chi connectivity index (χ4v) is 4.03. The van der Waals surface area contributed by atoms with E-state index in [2.05, 4.69) is 20.1 Å². The van der Waals surface area contributed by atoms with Crippen LogP contribution in [0.3, 0.4) is 0 Å². The maximum Gasteiger partial charge on any atom is 0.300 e. The minimum atomic E-state index is -0.224. The van der Waals surface area contributed by atoms with Crippen molar-refractivity contribution >= 4 is 34.8 Å². The number of hydrogen-bond acceptors (Lipinski definition) is 8. The average Bonchev–Trinajstić information content (AvgIpc) is 3.46. The van der Waals surface area contributed by atoms with Crippen LogP contribution >= 0.6 is 11.6 Å². The Morgan fingerprint density at radius 2 is 1.79 bits per heavy atom. The molecule has 1 aliphatic rings. The van der Waals surface area contributed by atoms with E-state index in [9.17, 15) is 4.79 Å². The molecule has 1 aromatic carbocycles. The van der Waals surface area contributed by atoms with E-state index < -0.39 is 0 Å². The molecule has 0 unspecified atom stereocenters. The van der Waals surface area contributed by atoms with E-state index in [0.717, 1.165) is 11.1 Å². The molecule has 4 heterocycles. The van der Waals surface area contributed by atoms with Gasteiger partial charge in [-0.15, -0.1) is 0 Å². The summed E-state index contributed by atoms with van der Waals surface area (Å²) >= 11 is 5.94. The fraction of sp³-hybridized carbons (Fsp3) is 0.375. The molecule has 0 N–H and O–H groups in total. The van der Waals surface area contributed by atoms with E-state index >= 15 is 0 Å². The Kier molecular flexibility index (Phi) is 5.51. The number of halogens is 1. The second-order valence-electron chi connectivity index (χ2n) is 9.43. The van der Waals surface area contributed by atoms with Crippen LogP contribution in [-0.4, -0.2) is 57.1 Å². The van der Waals surface area contributed by atoms with Crippen molar-refractivity contribution in [3.05, 3.63) is 52.5 Å². The fourth-order valence-electron chi connectivity index (χ4n) is 3.89. The van der Waals surface area contributed by atoms with Gasteiger partial charge in [0, 0.05) is 42.7 Å². The van der Waals surface area contributed by atoms with E-state index in [0.29, 0.717) is 65.9 Å². The molecule has 0 saturated carbocycles. The van der Waals surface area contributed by atoms with E-state index in [1.165, 1.54) is 0 Å². The number of benzene rings is 1. The molecule has 34 heavy (non-hydrogen) atoms. The Bertz CT molecular complexity index is 1360. The molecule has 10 heteroatoms. The zero-order chi connectivity index (χ0) is 24.0. The normalized spacial score (nSPS) is 14.7. The number of hydrogen-bond donors (Lipinski definition) is 0. The molecular formula is C24H25ClN6O3. The number of carbonyl (C=O) groups is 1. The highest BCUT2D eigenvalue weighted by Gasteiger charge is 2.26. The van der Waals surface area contributed by atoms with Gasteiger partial charge in [0.05, 0.1) is 0 Å². The lowest BCUT2D eigenvalue weighted by Gasteiger charge is -2.33. The van der Waals surface area contributed by atoms with Crippen molar-refractivity contribution in [2.24, 2.45) is 0 Å². The maximum atomic E-state index is 13.2. The third-order valence-electron chi connectivity index (χ3n) is 5.83. The van der Waals surface area contributed by atoms with Gasteiger partial charge in [0.15, 0.2) is 5.58 Å². The molecule has 0 spiro atoms. The van der Waals surface area contributed by atoms with Crippen LogP contribution in [0.5, 0.6) is 0 Å². The first-order chi connectivity index (χ1) is 16.2. The summed E-state index contributed by atoms with van der Waals surface area (Å²) in [7, 11) is 0. The van der Waals surface area contributed by atoms with Crippen LogP contribution in [-0.2, 0) is 5.41 Å². The Hall–Kier alpha value is -3.46. The van der Waals surface area contributed by atoms with Gasteiger partial charge in [-0.2, -0.15) is 9.97 Å². The molecule has 0 bridgehead atoms. The van der Waals surface area contributed by atoms with E-state index in [-0.39, 0.29) is 11.3 Å². The lowest BCUT2D eigenvalue weighted by Crippen LogP contribution is -2.48. The summed E-state index contributed by atoms with van der Waals surface area (Å²) in [6, 6.07) is 9.50. The Labute approximate surface area is 201 Å². The summed E-state index contributed by atoms with van der Waals surface area (Å²) in [6.07, 6.45) is 0. The maximum absolute atomic E-state index is 13.2. The van der Waals surface area contributed by atoms with Crippen LogP contribution in [0.15, 0.2) is 39.3 Å². The third-order valence-corrected chi connectivity index (χ3v) is 6.04. The average molecular weight is 481 g/mol. The summed E-state index contributed by atoms with van der Waals surface area (Å²) in [4.78, 5) is 30.1. The molecular weight excluding hydrogens is 456 g/mol. The number of nitrogens with zero attached hydrogens (tertiary/aromatic N) is 6. The summed E-state index contributed by atoms with van der Waals surface area (Å²) in [5, 5.41) is 4.50. The van der Waals surface area contributed by atoms with Crippen LogP contribution in [0.1, 0.15) is 42.6 Å². The molecule has 176 valence electrons. The molecule has 4 aromatic rings. The highest BCUT2D eigenvalue weighted by molar-refractivity contribution is 6.29. The van der Waals surface area contributed by atoms with Gasteiger partial charge in [0.1, 0.15) is 5.15 Å². The monoisotopic (exact) mass is 480 g/mol. The van der Waals surface area contributed by atoms with E-state index in [1.807, 2.05) is 55.7 Å². The zero-order valence-electron chi connectivity index (χ0n) is 19.5. The van der Waals surface area contributed by atoms with E-state index in [1.54, 1.807) is 12.1 Å². The minimum Gasteiger partial charge on any atom is -0.422 e. The van der Waals surface area contributed by atoms with Gasteiger partial charge in [0.2, 0.25) is 17.4 Å². The van der Waals surface area contributed by atoms with Gasteiger partial charge in [-0.1, -0.05) is 43.6 Å². The largest absolute Gasteiger partial charge is 0.422 e. The van der Waals surface area contributed by atoms with Gasteiger partial charge in [-0.3, -0.25) is 4.79 Å². The first-order valence-electron chi connectivity index (χ1n) is 11.1. The van der Waals surface area contributed by atoms with Gasteiger partial charge < -0.3 is 18.7 Å². The topological polar surface area (TPSA) is 101 Å². The van der Waals surface area contributed by atoms with Crippen molar-refractivity contribution in [3.8, 4) is 11.4 Å². The molecule has 3 aromatic heterocycles. The Morgan fingerprint density at radius 3 is 2.47 bits per heavy atom. The van der Waals surface area contributed by atoms with Gasteiger partial charge in [-0.25, -0.2) is 4.98 Å². The lowest BCUT2D eigenvalue weighted by atomic mass is 9.97. The zero-order valence-corrected chi connectivity index (χ0v) is 20.3. The second kappa shape index (κ2) is 8.39. The van der Waals surface area contributed by atoms with Crippen LogP contribution in [0.2, 0.25) is 5.15 Å². The van der Waals surface area contributed by atoms with E-state index in [4.69, 9.17) is 20.5 Å². The molecule has 9 nitrogen and oxygen atoms in total. The Morgan fingerprint density at radius 1 is 1.03 bits per heavy atom. The first-order valence-corrected chi connectivity index (χ1v) is 11.5. The number of carbonyl (C=O) groups excluding carboxylic acids is 1. The molecule has 1 amide bonds. The smallest absolute Gasteiger partial charge is 0.300 e. The predicted molar refractivity (Wildman–Crippen MR) is 128 cm³/mol. The Balaban J connectivity index is 1.27. The highest BCUT2D eigenvalue weighted by Crippen LogP contribution is 2.27. The number of aromatic nitrogens is 4. The summed E-state index contributed by atoms with van der Waals surface area (Å²) in [5.41, 5.74) is 3.25. The SMILES string of the molecule is Cc1cc(C(=O)N2CCN(c3nc4nc(Cl)ccc4o3)CC2)ccc1-c1noc(C(C)(C)C)n1. The summed E-state index contributed by atoms with van der Waals surface area (Å²) in [6.45, 7) is 10.4. The standard InChI is InChI=1S/C24H25ClN6O3/c1-14-13-15(5-6-16(14)19-27-22(34-29-19)24(2,3)4)21(32)30-9-11-31(12-10-30)23-28-20-17(33-23)7-8-18(25)26-20/h5-8,13H,9-12H2,1-4H3. The molecule has 0 radical (unpaired) electrons. The summed E-state index contributed by atoms with van der Waals surface area (Å²) in [5.74, 6) is 1.10. The second-order valence-corrected chi connectivity index (χ2v) is 9.82. The number of oxazole rings is 1. The van der Waals surface area contributed by atoms with Gasteiger partial charge in [0.25, 0.3) is 11.9 Å². The molecule has 1 aliphatic heterocycles. The molecule has 1 saturated heterocycles. The van der Waals surface area contributed by atoms with Crippen molar-refractivity contribution in [1.82, 2.24) is 25.0 Å². The number of amides is 1.